The summed E-state index contributed by atoms with van der Waals surface area (Å²) < 4.78 is 4.99. The van der Waals surface area contributed by atoms with Gasteiger partial charge in [-0.1, -0.05) is 6.07 Å². The van der Waals surface area contributed by atoms with Crippen molar-refractivity contribution in [3.63, 3.8) is 0 Å². The van der Waals surface area contributed by atoms with Crippen LogP contribution in [0.3, 0.4) is 0 Å². The Kier molecular flexibility index (Phi) is 7.77. The summed E-state index contributed by atoms with van der Waals surface area (Å²) in [5, 5.41) is 0. The lowest BCUT2D eigenvalue weighted by Crippen LogP contribution is -2.32. The molecule has 0 radical (unpaired) electrons. The molecule has 0 saturated carbocycles. The van der Waals surface area contributed by atoms with E-state index in [1.807, 2.05) is 25.1 Å². The first-order valence-electron chi connectivity index (χ1n) is 6.74. The molecule has 5 heteroatoms. The molecule has 1 heterocycles. The molecule has 0 aliphatic heterocycles. The Labute approximate surface area is 114 Å². The van der Waals surface area contributed by atoms with Crippen LogP contribution in [0, 0.1) is 0 Å². The predicted octanol–water partition coefficient (Wildman–Crippen LogP) is 1.19. The van der Waals surface area contributed by atoms with Gasteiger partial charge in [-0.15, -0.1) is 0 Å². The van der Waals surface area contributed by atoms with E-state index in [4.69, 9.17) is 10.5 Å². The van der Waals surface area contributed by atoms with E-state index in [1.165, 1.54) is 0 Å². The summed E-state index contributed by atoms with van der Waals surface area (Å²) in [6, 6.07) is 5.79. The fourth-order valence-corrected chi connectivity index (χ4v) is 1.80. The zero-order valence-electron chi connectivity index (χ0n) is 11.5. The molecule has 0 saturated heterocycles. The maximum absolute atomic E-state index is 11.6. The Morgan fingerprint density at radius 3 is 2.89 bits per heavy atom. The van der Waals surface area contributed by atoms with E-state index in [0.717, 1.165) is 25.1 Å². The van der Waals surface area contributed by atoms with Gasteiger partial charge in [0.25, 0.3) is 0 Å². The van der Waals surface area contributed by atoms with E-state index in [1.54, 1.807) is 6.20 Å². The molecule has 0 atom stereocenters. The van der Waals surface area contributed by atoms with Gasteiger partial charge in [0.05, 0.1) is 18.8 Å². The Bertz CT molecular complexity index is 357. The summed E-state index contributed by atoms with van der Waals surface area (Å²) >= 11 is 0. The standard InChI is InChI=1S/C14H23N3O2/c1-2-19-14(18)12-17(10-6-4-8-15)11-13-7-3-5-9-16-13/h3,5,7,9H,2,4,6,8,10-12,15H2,1H3. The van der Waals surface area contributed by atoms with Gasteiger partial charge in [0.2, 0.25) is 0 Å². The zero-order chi connectivity index (χ0) is 13.9. The maximum Gasteiger partial charge on any atom is 0.320 e. The molecule has 0 amide bonds. The van der Waals surface area contributed by atoms with Gasteiger partial charge in [-0.2, -0.15) is 0 Å². The van der Waals surface area contributed by atoms with Gasteiger partial charge < -0.3 is 10.5 Å². The second-order valence-corrected chi connectivity index (χ2v) is 4.33. The zero-order valence-corrected chi connectivity index (χ0v) is 11.5. The van der Waals surface area contributed by atoms with E-state index in [2.05, 4.69) is 9.88 Å². The molecule has 106 valence electrons. The highest BCUT2D eigenvalue weighted by Crippen LogP contribution is 2.03. The summed E-state index contributed by atoms with van der Waals surface area (Å²) in [6.07, 6.45) is 3.70. The average molecular weight is 265 g/mol. The van der Waals surface area contributed by atoms with Gasteiger partial charge in [-0.05, 0) is 45.0 Å². The molecule has 1 aromatic rings. The number of nitrogens with zero attached hydrogens (tertiary/aromatic N) is 2. The fraction of sp³-hybridized carbons (Fsp3) is 0.571. The van der Waals surface area contributed by atoms with Crippen LogP contribution in [0.4, 0.5) is 0 Å². The first kappa shape index (κ1) is 15.6. The number of rotatable bonds is 9. The van der Waals surface area contributed by atoms with Crippen molar-refractivity contribution in [2.75, 3.05) is 26.2 Å². The minimum Gasteiger partial charge on any atom is -0.465 e. The van der Waals surface area contributed by atoms with Crippen molar-refractivity contribution in [3.8, 4) is 0 Å². The summed E-state index contributed by atoms with van der Waals surface area (Å²) in [7, 11) is 0. The molecule has 2 N–H and O–H groups in total. The molecule has 0 unspecified atom stereocenters. The maximum atomic E-state index is 11.6. The molecule has 0 aromatic carbocycles. The number of carbonyl (C=O) groups excluding carboxylic acids is 1. The second-order valence-electron chi connectivity index (χ2n) is 4.33. The van der Waals surface area contributed by atoms with Crippen LogP contribution >= 0.6 is 0 Å². The lowest BCUT2D eigenvalue weighted by Gasteiger charge is -2.20. The third-order valence-corrected chi connectivity index (χ3v) is 2.70. The number of esters is 1. The van der Waals surface area contributed by atoms with E-state index in [9.17, 15) is 4.79 Å². The first-order valence-corrected chi connectivity index (χ1v) is 6.74. The molecule has 5 nitrogen and oxygen atoms in total. The third kappa shape index (κ3) is 6.88. The monoisotopic (exact) mass is 265 g/mol. The molecule has 19 heavy (non-hydrogen) atoms. The van der Waals surface area contributed by atoms with E-state index in [-0.39, 0.29) is 5.97 Å². The minimum absolute atomic E-state index is 0.189. The fourth-order valence-electron chi connectivity index (χ4n) is 1.80. The second kappa shape index (κ2) is 9.47. The van der Waals surface area contributed by atoms with Crippen LogP contribution in [0.15, 0.2) is 24.4 Å². The summed E-state index contributed by atoms with van der Waals surface area (Å²) in [6.45, 7) is 4.69. The van der Waals surface area contributed by atoms with Crippen LogP contribution in [0.1, 0.15) is 25.5 Å². The smallest absolute Gasteiger partial charge is 0.320 e. The van der Waals surface area contributed by atoms with Gasteiger partial charge in [0, 0.05) is 12.7 Å². The Hall–Kier alpha value is -1.46. The van der Waals surface area contributed by atoms with Gasteiger partial charge in [0.1, 0.15) is 0 Å². The highest BCUT2D eigenvalue weighted by Gasteiger charge is 2.12. The highest BCUT2D eigenvalue weighted by molar-refractivity contribution is 5.71. The molecule has 0 aliphatic rings. The number of pyridine rings is 1. The summed E-state index contributed by atoms with van der Waals surface area (Å²) in [5.41, 5.74) is 6.45. The third-order valence-electron chi connectivity index (χ3n) is 2.70. The lowest BCUT2D eigenvalue weighted by atomic mass is 10.2. The quantitative estimate of drug-likeness (QED) is 0.536. The van der Waals surface area contributed by atoms with Gasteiger partial charge in [-0.3, -0.25) is 14.7 Å². The van der Waals surface area contributed by atoms with Crippen molar-refractivity contribution in [2.24, 2.45) is 5.73 Å². The number of carbonyl (C=O) groups is 1. The largest absolute Gasteiger partial charge is 0.465 e. The van der Waals surface area contributed by atoms with Crippen molar-refractivity contribution in [1.82, 2.24) is 9.88 Å². The van der Waals surface area contributed by atoms with Crippen LogP contribution in [0.2, 0.25) is 0 Å². The van der Waals surface area contributed by atoms with Crippen LogP contribution in [-0.4, -0.2) is 42.1 Å². The molecule has 0 aliphatic carbocycles. The number of hydrogen-bond donors (Lipinski definition) is 1. The molecular weight excluding hydrogens is 242 g/mol. The number of unbranched alkanes of at least 4 members (excludes halogenated alkanes) is 1. The summed E-state index contributed by atoms with van der Waals surface area (Å²) in [4.78, 5) is 17.9. The molecule has 0 spiro atoms. The van der Waals surface area contributed by atoms with Crippen molar-refractivity contribution in [2.45, 2.75) is 26.3 Å². The van der Waals surface area contributed by atoms with Crippen molar-refractivity contribution < 1.29 is 9.53 Å². The molecule has 1 aromatic heterocycles. The number of ether oxygens (including phenoxy) is 1. The van der Waals surface area contributed by atoms with Crippen molar-refractivity contribution in [3.05, 3.63) is 30.1 Å². The van der Waals surface area contributed by atoms with Crippen LogP contribution in [0.5, 0.6) is 0 Å². The summed E-state index contributed by atoms with van der Waals surface area (Å²) in [5.74, 6) is -0.189. The van der Waals surface area contributed by atoms with Crippen LogP contribution in [0.25, 0.3) is 0 Å². The van der Waals surface area contributed by atoms with Crippen LogP contribution in [-0.2, 0) is 16.1 Å². The number of nitrogens with two attached hydrogens (primary N) is 1. The predicted molar refractivity (Wildman–Crippen MR) is 74.4 cm³/mol. The Morgan fingerprint density at radius 2 is 2.26 bits per heavy atom. The minimum atomic E-state index is -0.189. The topological polar surface area (TPSA) is 68.5 Å². The Balaban J connectivity index is 2.50. The van der Waals surface area contributed by atoms with Crippen molar-refractivity contribution >= 4 is 5.97 Å². The van der Waals surface area contributed by atoms with Gasteiger partial charge >= 0.3 is 5.97 Å². The lowest BCUT2D eigenvalue weighted by molar-refractivity contribution is -0.144. The van der Waals surface area contributed by atoms with Crippen LogP contribution < -0.4 is 5.73 Å². The molecule has 1 rings (SSSR count). The average Bonchev–Trinajstić information content (AvgIpc) is 2.40. The van der Waals surface area contributed by atoms with E-state index < -0.39 is 0 Å². The Morgan fingerprint density at radius 1 is 1.42 bits per heavy atom. The SMILES string of the molecule is CCOC(=O)CN(CCCCN)Cc1ccccn1. The van der Waals surface area contributed by atoms with Gasteiger partial charge in [-0.25, -0.2) is 0 Å². The number of aromatic nitrogens is 1. The normalized spacial score (nSPS) is 10.7. The van der Waals surface area contributed by atoms with Crippen molar-refractivity contribution in [1.29, 1.82) is 0 Å². The van der Waals surface area contributed by atoms with E-state index >= 15 is 0 Å². The molecule has 0 bridgehead atoms. The van der Waals surface area contributed by atoms with E-state index in [0.29, 0.717) is 26.2 Å². The van der Waals surface area contributed by atoms with Gasteiger partial charge in [0.15, 0.2) is 0 Å². The molecular formula is C14H23N3O2. The number of hydrogen-bond acceptors (Lipinski definition) is 5. The highest BCUT2D eigenvalue weighted by atomic mass is 16.5. The molecule has 0 fully saturated rings. The first-order chi connectivity index (χ1) is 9.26.